The molecule has 2 rings (SSSR count). The van der Waals surface area contributed by atoms with Gasteiger partial charge in [-0.3, -0.25) is 5.41 Å². The van der Waals surface area contributed by atoms with Gasteiger partial charge in [0, 0.05) is 30.8 Å². The second-order valence-corrected chi connectivity index (χ2v) is 7.60. The molecule has 0 aliphatic rings. The molecule has 0 aliphatic carbocycles. The van der Waals surface area contributed by atoms with Gasteiger partial charge in [-0.1, -0.05) is 23.9 Å². The third-order valence-corrected chi connectivity index (χ3v) is 5.93. The number of benzene rings is 1. The zero-order valence-electron chi connectivity index (χ0n) is 11.5. The highest BCUT2D eigenvalue weighted by molar-refractivity contribution is 8.00. The minimum Gasteiger partial charge on any atom is -0.384 e. The number of aromatic nitrogens is 2. The van der Waals surface area contributed by atoms with Gasteiger partial charge < -0.3 is 10.3 Å². The third-order valence-electron chi connectivity index (χ3n) is 2.88. The summed E-state index contributed by atoms with van der Waals surface area (Å²) in [6.07, 6.45) is 3.49. The zero-order valence-corrected chi connectivity index (χ0v) is 13.1. The lowest BCUT2D eigenvalue weighted by Gasteiger charge is -2.05. The van der Waals surface area contributed by atoms with Crippen LogP contribution in [-0.2, 0) is 16.9 Å². The van der Waals surface area contributed by atoms with E-state index in [0.717, 1.165) is 5.16 Å². The maximum atomic E-state index is 12.2. The van der Waals surface area contributed by atoms with Gasteiger partial charge in [-0.2, -0.15) is 0 Å². The van der Waals surface area contributed by atoms with Crippen molar-refractivity contribution in [2.24, 2.45) is 12.8 Å². The predicted octanol–water partition coefficient (Wildman–Crippen LogP) is 1.27. The standard InChI is InChI=1S/C13H16N4O2S2/c1-17-7-6-16-13(17)20-8-9-21(18,19)11-4-2-10(3-5-11)12(14)15/h2-7H,8-9H2,1H3,(H3,14,15). The van der Waals surface area contributed by atoms with Crippen molar-refractivity contribution in [1.82, 2.24) is 9.55 Å². The average Bonchev–Trinajstić information content (AvgIpc) is 2.84. The second-order valence-electron chi connectivity index (χ2n) is 4.43. The number of nitrogens with two attached hydrogens (primary N) is 1. The zero-order chi connectivity index (χ0) is 15.5. The number of thioether (sulfide) groups is 1. The van der Waals surface area contributed by atoms with Gasteiger partial charge >= 0.3 is 0 Å². The number of hydrogen-bond acceptors (Lipinski definition) is 5. The first-order valence-electron chi connectivity index (χ1n) is 6.17. The van der Waals surface area contributed by atoms with E-state index in [2.05, 4.69) is 4.98 Å². The van der Waals surface area contributed by atoms with E-state index < -0.39 is 9.84 Å². The van der Waals surface area contributed by atoms with Gasteiger partial charge in [0.2, 0.25) is 0 Å². The fourth-order valence-corrected chi connectivity index (χ4v) is 4.27. The van der Waals surface area contributed by atoms with Gasteiger partial charge in [0.25, 0.3) is 0 Å². The molecular formula is C13H16N4O2S2. The molecule has 0 unspecified atom stereocenters. The molecular weight excluding hydrogens is 308 g/mol. The van der Waals surface area contributed by atoms with Crippen molar-refractivity contribution in [3.05, 3.63) is 42.2 Å². The van der Waals surface area contributed by atoms with E-state index >= 15 is 0 Å². The summed E-state index contributed by atoms with van der Waals surface area (Å²) in [6, 6.07) is 6.05. The van der Waals surface area contributed by atoms with Crippen molar-refractivity contribution in [2.45, 2.75) is 10.1 Å². The molecule has 0 radical (unpaired) electrons. The number of imidazole rings is 1. The molecule has 8 heteroatoms. The van der Waals surface area contributed by atoms with Crippen molar-refractivity contribution in [3.63, 3.8) is 0 Å². The van der Waals surface area contributed by atoms with E-state index in [-0.39, 0.29) is 16.5 Å². The highest BCUT2D eigenvalue weighted by atomic mass is 32.2. The first kappa shape index (κ1) is 15.6. The predicted molar refractivity (Wildman–Crippen MR) is 83.4 cm³/mol. The molecule has 0 saturated carbocycles. The summed E-state index contributed by atoms with van der Waals surface area (Å²) in [6.45, 7) is 0. The first-order chi connectivity index (χ1) is 9.90. The maximum absolute atomic E-state index is 12.2. The van der Waals surface area contributed by atoms with Crippen LogP contribution in [0.2, 0.25) is 0 Å². The molecule has 0 aliphatic heterocycles. The molecule has 1 aromatic carbocycles. The minimum atomic E-state index is -3.34. The molecule has 3 N–H and O–H groups in total. The molecule has 0 spiro atoms. The lowest BCUT2D eigenvalue weighted by atomic mass is 10.2. The van der Waals surface area contributed by atoms with Crippen LogP contribution in [0.25, 0.3) is 0 Å². The maximum Gasteiger partial charge on any atom is 0.179 e. The van der Waals surface area contributed by atoms with Crippen molar-refractivity contribution >= 4 is 27.4 Å². The number of aryl methyl sites for hydroxylation is 1. The molecule has 0 amide bonds. The van der Waals surface area contributed by atoms with Gasteiger partial charge in [-0.15, -0.1) is 0 Å². The van der Waals surface area contributed by atoms with Crippen molar-refractivity contribution in [1.29, 1.82) is 5.41 Å². The molecule has 0 bridgehead atoms. The lowest BCUT2D eigenvalue weighted by Crippen LogP contribution is -2.12. The lowest BCUT2D eigenvalue weighted by molar-refractivity contribution is 0.597. The van der Waals surface area contributed by atoms with Gasteiger partial charge in [0.15, 0.2) is 15.0 Å². The molecule has 2 aromatic rings. The Morgan fingerprint density at radius 2 is 2.05 bits per heavy atom. The number of amidine groups is 1. The van der Waals surface area contributed by atoms with Crippen LogP contribution in [0, 0.1) is 5.41 Å². The number of nitrogens with one attached hydrogen (secondary N) is 1. The number of nitrogen functional groups attached to an aromatic ring is 1. The van der Waals surface area contributed by atoms with Gasteiger partial charge in [-0.05, 0) is 12.1 Å². The Hall–Kier alpha value is -1.80. The monoisotopic (exact) mass is 324 g/mol. The Labute approximate surface area is 127 Å². The summed E-state index contributed by atoms with van der Waals surface area (Å²) in [5, 5.41) is 8.08. The summed E-state index contributed by atoms with van der Waals surface area (Å²) < 4.78 is 26.2. The average molecular weight is 324 g/mol. The topological polar surface area (TPSA) is 102 Å². The normalized spacial score (nSPS) is 11.5. The fraction of sp³-hybridized carbons (Fsp3) is 0.231. The summed E-state index contributed by atoms with van der Waals surface area (Å²) >= 11 is 1.40. The summed E-state index contributed by atoms with van der Waals surface area (Å²) in [5.74, 6) is 0.385. The van der Waals surface area contributed by atoms with E-state index in [0.29, 0.717) is 11.3 Å². The smallest absolute Gasteiger partial charge is 0.179 e. The Balaban J connectivity index is 2.01. The van der Waals surface area contributed by atoms with Crippen molar-refractivity contribution in [2.75, 3.05) is 11.5 Å². The van der Waals surface area contributed by atoms with Crippen LogP contribution in [0.15, 0.2) is 46.7 Å². The Morgan fingerprint density at radius 1 is 1.38 bits per heavy atom. The van der Waals surface area contributed by atoms with Crippen molar-refractivity contribution in [3.8, 4) is 0 Å². The number of rotatable bonds is 6. The number of hydrogen-bond donors (Lipinski definition) is 2. The van der Waals surface area contributed by atoms with Crippen LogP contribution in [0.4, 0.5) is 0 Å². The first-order valence-corrected chi connectivity index (χ1v) is 8.81. The van der Waals surface area contributed by atoms with Crippen LogP contribution in [-0.4, -0.2) is 35.3 Å². The number of nitrogens with zero attached hydrogens (tertiary/aromatic N) is 2. The highest BCUT2D eigenvalue weighted by Crippen LogP contribution is 2.18. The molecule has 1 heterocycles. The van der Waals surface area contributed by atoms with Crippen LogP contribution in [0.1, 0.15) is 5.56 Å². The summed E-state index contributed by atoms with van der Waals surface area (Å²) in [4.78, 5) is 4.38. The molecule has 0 fully saturated rings. The Bertz CT molecular complexity index is 736. The van der Waals surface area contributed by atoms with Crippen LogP contribution >= 0.6 is 11.8 Å². The van der Waals surface area contributed by atoms with Crippen molar-refractivity contribution < 1.29 is 8.42 Å². The third kappa shape index (κ3) is 3.85. The SMILES string of the molecule is Cn1ccnc1SCCS(=O)(=O)c1ccc(C(=N)N)cc1. The van der Waals surface area contributed by atoms with E-state index in [1.807, 2.05) is 17.8 Å². The van der Waals surface area contributed by atoms with Gasteiger partial charge in [0.05, 0.1) is 10.6 Å². The molecule has 112 valence electrons. The quantitative estimate of drug-likeness (QED) is 0.473. The number of sulfone groups is 1. The largest absolute Gasteiger partial charge is 0.384 e. The fourth-order valence-electron chi connectivity index (χ4n) is 1.69. The Kier molecular flexibility index (Phi) is 4.69. The summed E-state index contributed by atoms with van der Waals surface area (Å²) in [7, 11) is -1.47. The molecule has 21 heavy (non-hydrogen) atoms. The molecule has 0 saturated heterocycles. The molecule has 6 nitrogen and oxygen atoms in total. The van der Waals surface area contributed by atoms with Crippen LogP contribution in [0.3, 0.4) is 0 Å². The highest BCUT2D eigenvalue weighted by Gasteiger charge is 2.15. The van der Waals surface area contributed by atoms with Crippen LogP contribution in [0.5, 0.6) is 0 Å². The minimum absolute atomic E-state index is 0.0317. The summed E-state index contributed by atoms with van der Waals surface area (Å²) in [5.41, 5.74) is 5.85. The van der Waals surface area contributed by atoms with Gasteiger partial charge in [0.1, 0.15) is 5.84 Å². The van der Waals surface area contributed by atoms with E-state index in [4.69, 9.17) is 11.1 Å². The molecule has 0 atom stereocenters. The Morgan fingerprint density at radius 3 is 2.57 bits per heavy atom. The van der Waals surface area contributed by atoms with E-state index in [1.54, 1.807) is 18.3 Å². The molecule has 1 aromatic heterocycles. The second kappa shape index (κ2) is 6.31. The van der Waals surface area contributed by atoms with Gasteiger partial charge in [-0.25, -0.2) is 13.4 Å². The van der Waals surface area contributed by atoms with E-state index in [9.17, 15) is 8.42 Å². The van der Waals surface area contributed by atoms with E-state index in [1.165, 1.54) is 23.9 Å². The van der Waals surface area contributed by atoms with Crippen LogP contribution < -0.4 is 5.73 Å².